The number of nitrogens with zero attached hydrogens (tertiary/aromatic N) is 2. The second-order valence-corrected chi connectivity index (χ2v) is 6.38. The van der Waals surface area contributed by atoms with E-state index in [4.69, 9.17) is 9.47 Å². The van der Waals surface area contributed by atoms with Crippen molar-refractivity contribution in [3.05, 3.63) is 0 Å². The SMILES string of the molecule is CC(=O)OC1(C)N=NC2(C[C@@H](C)CC[C@@H]2C(C)C)O1. The Morgan fingerprint density at radius 1 is 1.37 bits per heavy atom. The molecule has 5 nitrogen and oxygen atoms in total. The molecule has 0 N–H and O–H groups in total. The second kappa shape index (κ2) is 4.85. The third kappa shape index (κ3) is 2.81. The highest BCUT2D eigenvalue weighted by Crippen LogP contribution is 2.49. The van der Waals surface area contributed by atoms with Crippen LogP contribution in [0.25, 0.3) is 0 Å². The first kappa shape index (κ1) is 14.4. The fourth-order valence-electron chi connectivity index (χ4n) is 3.38. The van der Waals surface area contributed by atoms with Gasteiger partial charge in [0.05, 0.1) is 0 Å². The Balaban J connectivity index is 2.22. The van der Waals surface area contributed by atoms with E-state index in [-0.39, 0.29) is 0 Å². The van der Waals surface area contributed by atoms with E-state index in [1.807, 2.05) is 0 Å². The van der Waals surface area contributed by atoms with Gasteiger partial charge in [0.2, 0.25) is 0 Å². The average molecular weight is 268 g/mol. The van der Waals surface area contributed by atoms with Gasteiger partial charge in [-0.25, -0.2) is 0 Å². The highest BCUT2D eigenvalue weighted by molar-refractivity contribution is 5.66. The van der Waals surface area contributed by atoms with Crippen molar-refractivity contribution in [2.24, 2.45) is 28.0 Å². The third-order valence-corrected chi connectivity index (χ3v) is 4.10. The smallest absolute Gasteiger partial charge is 0.331 e. The number of carbonyl (C=O) groups excluding carboxylic acids is 1. The van der Waals surface area contributed by atoms with Crippen molar-refractivity contribution in [2.45, 2.75) is 65.5 Å². The van der Waals surface area contributed by atoms with E-state index >= 15 is 0 Å². The van der Waals surface area contributed by atoms with Crippen LogP contribution in [0.15, 0.2) is 10.2 Å². The first-order chi connectivity index (χ1) is 8.76. The molecule has 1 saturated carbocycles. The Kier molecular flexibility index (Phi) is 3.69. The molecule has 2 aliphatic rings. The largest absolute Gasteiger partial charge is 0.411 e. The summed E-state index contributed by atoms with van der Waals surface area (Å²) < 4.78 is 11.2. The molecule has 0 bridgehead atoms. The van der Waals surface area contributed by atoms with Crippen LogP contribution in [0.3, 0.4) is 0 Å². The topological polar surface area (TPSA) is 60.2 Å². The fraction of sp³-hybridized carbons (Fsp3) is 0.929. The minimum absolute atomic E-state index is 0.324. The van der Waals surface area contributed by atoms with Gasteiger partial charge in [0.25, 0.3) is 0 Å². The number of ether oxygens (including phenoxy) is 2. The van der Waals surface area contributed by atoms with E-state index in [2.05, 4.69) is 31.0 Å². The Bertz CT molecular complexity index is 396. The monoisotopic (exact) mass is 268 g/mol. The van der Waals surface area contributed by atoms with Crippen molar-refractivity contribution < 1.29 is 14.3 Å². The predicted molar refractivity (Wildman–Crippen MR) is 70.2 cm³/mol. The summed E-state index contributed by atoms with van der Waals surface area (Å²) in [5.41, 5.74) is -0.615. The van der Waals surface area contributed by atoms with Crippen LogP contribution >= 0.6 is 0 Å². The van der Waals surface area contributed by atoms with E-state index in [1.165, 1.54) is 13.3 Å². The summed E-state index contributed by atoms with van der Waals surface area (Å²) in [6.07, 6.45) is 3.11. The van der Waals surface area contributed by atoms with Crippen LogP contribution in [0.4, 0.5) is 0 Å². The molecule has 19 heavy (non-hydrogen) atoms. The maximum absolute atomic E-state index is 11.2. The number of rotatable bonds is 2. The van der Waals surface area contributed by atoms with E-state index < -0.39 is 17.6 Å². The lowest BCUT2D eigenvalue weighted by atomic mass is 9.71. The van der Waals surface area contributed by atoms with Crippen LogP contribution in [0.1, 0.15) is 53.9 Å². The van der Waals surface area contributed by atoms with Gasteiger partial charge in [0.15, 0.2) is 5.72 Å². The van der Waals surface area contributed by atoms with E-state index in [0.29, 0.717) is 17.8 Å². The molecule has 4 atom stereocenters. The summed E-state index contributed by atoms with van der Waals surface area (Å²) in [7, 11) is 0. The maximum Gasteiger partial charge on any atom is 0.331 e. The summed E-state index contributed by atoms with van der Waals surface area (Å²) in [6.45, 7) is 9.59. The Labute approximate surface area is 114 Å². The van der Waals surface area contributed by atoms with Crippen LogP contribution in [0, 0.1) is 17.8 Å². The van der Waals surface area contributed by atoms with Crippen molar-refractivity contribution in [1.29, 1.82) is 0 Å². The number of azo groups is 1. The van der Waals surface area contributed by atoms with Gasteiger partial charge < -0.3 is 4.74 Å². The van der Waals surface area contributed by atoms with Gasteiger partial charge in [-0.15, -0.1) is 5.11 Å². The molecule has 1 spiro atoms. The lowest BCUT2D eigenvalue weighted by molar-refractivity contribution is -0.261. The number of esters is 1. The minimum atomic E-state index is -1.25. The summed E-state index contributed by atoms with van der Waals surface area (Å²) >= 11 is 0. The van der Waals surface area contributed by atoms with Crippen LogP contribution in [-0.4, -0.2) is 17.6 Å². The molecule has 1 aliphatic carbocycles. The second-order valence-electron chi connectivity index (χ2n) is 6.38. The molecule has 1 aliphatic heterocycles. The molecular formula is C14H24N2O3. The molecule has 108 valence electrons. The standard InChI is InChI=1S/C14H24N2O3/c1-9(2)12-7-6-10(3)8-14(12)16-15-13(5,19-14)18-11(4)17/h9-10,12H,6-8H2,1-5H3/t10-,12+,13?,14?/m0/s1. The predicted octanol–water partition coefficient (Wildman–Crippen LogP) is 3.49. The molecule has 0 amide bonds. The molecular weight excluding hydrogens is 244 g/mol. The Hall–Kier alpha value is -0.970. The third-order valence-electron chi connectivity index (χ3n) is 4.10. The van der Waals surface area contributed by atoms with Gasteiger partial charge in [0, 0.05) is 26.2 Å². The van der Waals surface area contributed by atoms with Crippen molar-refractivity contribution in [2.75, 3.05) is 0 Å². The van der Waals surface area contributed by atoms with Crippen molar-refractivity contribution in [1.82, 2.24) is 0 Å². The van der Waals surface area contributed by atoms with Crippen LogP contribution in [-0.2, 0) is 14.3 Å². The highest BCUT2D eigenvalue weighted by Gasteiger charge is 2.55. The van der Waals surface area contributed by atoms with Crippen molar-refractivity contribution >= 4 is 5.97 Å². The molecule has 0 aromatic heterocycles. The maximum atomic E-state index is 11.2. The van der Waals surface area contributed by atoms with Crippen molar-refractivity contribution in [3.63, 3.8) is 0 Å². The Morgan fingerprint density at radius 3 is 2.63 bits per heavy atom. The summed E-state index contributed by atoms with van der Waals surface area (Å²) in [5.74, 6) is -0.316. The number of hydrogen-bond acceptors (Lipinski definition) is 5. The van der Waals surface area contributed by atoms with Gasteiger partial charge in [-0.1, -0.05) is 27.2 Å². The summed E-state index contributed by atoms with van der Waals surface area (Å²) in [4.78, 5) is 11.2. The zero-order valence-electron chi connectivity index (χ0n) is 12.5. The molecule has 0 radical (unpaired) electrons. The molecule has 1 heterocycles. The average Bonchev–Trinajstić information content (AvgIpc) is 2.54. The van der Waals surface area contributed by atoms with Crippen LogP contribution in [0.5, 0.6) is 0 Å². The molecule has 1 fully saturated rings. The van der Waals surface area contributed by atoms with Gasteiger partial charge >= 0.3 is 11.9 Å². The normalized spacial score (nSPS) is 42.0. The van der Waals surface area contributed by atoms with Gasteiger partial charge in [-0.2, -0.15) is 5.11 Å². The summed E-state index contributed by atoms with van der Waals surface area (Å²) in [5, 5.41) is 8.52. The van der Waals surface area contributed by atoms with Crippen LogP contribution in [0.2, 0.25) is 0 Å². The van der Waals surface area contributed by atoms with E-state index in [1.54, 1.807) is 6.92 Å². The van der Waals surface area contributed by atoms with Gasteiger partial charge in [-0.3, -0.25) is 9.53 Å². The highest BCUT2D eigenvalue weighted by atomic mass is 16.8. The number of carbonyl (C=O) groups is 1. The first-order valence-corrected chi connectivity index (χ1v) is 7.10. The van der Waals surface area contributed by atoms with E-state index in [0.717, 1.165) is 12.8 Å². The lowest BCUT2D eigenvalue weighted by Crippen LogP contribution is -2.48. The fourth-order valence-corrected chi connectivity index (χ4v) is 3.38. The molecule has 0 aromatic rings. The minimum Gasteiger partial charge on any atom is -0.411 e. The van der Waals surface area contributed by atoms with E-state index in [9.17, 15) is 4.79 Å². The first-order valence-electron chi connectivity index (χ1n) is 7.10. The molecule has 2 unspecified atom stereocenters. The molecule has 0 saturated heterocycles. The summed E-state index contributed by atoms with van der Waals surface area (Å²) in [6, 6.07) is 0. The molecule has 0 aromatic carbocycles. The zero-order valence-corrected chi connectivity index (χ0v) is 12.5. The Morgan fingerprint density at radius 2 is 2.05 bits per heavy atom. The number of hydrogen-bond donors (Lipinski definition) is 0. The quantitative estimate of drug-likeness (QED) is 0.720. The zero-order chi connectivity index (χ0) is 14.3. The molecule has 2 rings (SSSR count). The van der Waals surface area contributed by atoms with Gasteiger partial charge in [-0.05, 0) is 18.3 Å². The lowest BCUT2D eigenvalue weighted by Gasteiger charge is -2.43. The molecule has 5 heteroatoms. The van der Waals surface area contributed by atoms with Crippen molar-refractivity contribution in [3.8, 4) is 0 Å². The van der Waals surface area contributed by atoms with Crippen LogP contribution < -0.4 is 0 Å². The van der Waals surface area contributed by atoms with Gasteiger partial charge in [0.1, 0.15) is 0 Å².